The first-order chi connectivity index (χ1) is 12.4. The number of benzene rings is 2. The summed E-state index contributed by atoms with van der Waals surface area (Å²) in [5.74, 6) is -0.0676. The summed E-state index contributed by atoms with van der Waals surface area (Å²) < 4.78 is 1.09. The van der Waals surface area contributed by atoms with Gasteiger partial charge < -0.3 is 4.90 Å². The van der Waals surface area contributed by atoms with Gasteiger partial charge in [-0.1, -0.05) is 35.1 Å². The summed E-state index contributed by atoms with van der Waals surface area (Å²) >= 11 is 7.63. The Balaban J connectivity index is 1.94. The number of carbonyl (C=O) groups is 1. The first-order valence-corrected chi connectivity index (χ1v) is 9.73. The first-order valence-electron chi connectivity index (χ1n) is 8.53. The lowest BCUT2D eigenvalue weighted by Crippen LogP contribution is -2.33. The number of aryl methyl sites for hydroxylation is 1. The van der Waals surface area contributed by atoms with Gasteiger partial charge in [0.05, 0.1) is 10.2 Å². The number of hydrogen-bond donors (Lipinski definition) is 0. The van der Waals surface area contributed by atoms with Gasteiger partial charge >= 0.3 is 0 Å². The van der Waals surface area contributed by atoms with Crippen molar-refractivity contribution in [2.24, 2.45) is 0 Å². The number of nitrogens with zero attached hydrogens (tertiary/aromatic N) is 3. The summed E-state index contributed by atoms with van der Waals surface area (Å²) in [5, 5.41) is 1.29. The molecule has 1 aromatic heterocycles. The highest BCUT2D eigenvalue weighted by Crippen LogP contribution is 2.30. The van der Waals surface area contributed by atoms with Gasteiger partial charge in [0.1, 0.15) is 0 Å². The predicted molar refractivity (Wildman–Crippen MR) is 111 cm³/mol. The Labute approximate surface area is 163 Å². The van der Waals surface area contributed by atoms with Crippen LogP contribution in [0.15, 0.2) is 42.5 Å². The highest BCUT2D eigenvalue weighted by atomic mass is 35.5. The molecule has 1 heterocycles. The number of thiazole rings is 1. The van der Waals surface area contributed by atoms with Crippen molar-refractivity contribution in [3.05, 3.63) is 58.6 Å². The van der Waals surface area contributed by atoms with Crippen LogP contribution in [0.1, 0.15) is 22.3 Å². The van der Waals surface area contributed by atoms with Gasteiger partial charge in [0, 0.05) is 17.1 Å². The molecule has 0 atom stereocenters. The fourth-order valence-corrected chi connectivity index (χ4v) is 4.02. The van der Waals surface area contributed by atoms with Crippen molar-refractivity contribution >= 4 is 44.2 Å². The lowest BCUT2D eigenvalue weighted by atomic mass is 10.2. The third-order valence-electron chi connectivity index (χ3n) is 4.07. The lowest BCUT2D eigenvalue weighted by molar-refractivity contribution is 0.0986. The van der Waals surface area contributed by atoms with E-state index in [9.17, 15) is 4.79 Å². The Hall–Kier alpha value is -1.95. The fourth-order valence-electron chi connectivity index (χ4n) is 2.74. The minimum absolute atomic E-state index is 0.0676. The molecule has 0 N–H and O–H groups in total. The Morgan fingerprint density at radius 2 is 1.96 bits per heavy atom. The number of aromatic nitrogens is 1. The summed E-state index contributed by atoms with van der Waals surface area (Å²) in [5.41, 5.74) is 2.69. The SMILES string of the molecule is Cc1ccc2nc(N(CCCN(C)C)C(=O)c3cccc(Cl)c3)sc2c1. The van der Waals surface area contributed by atoms with E-state index in [1.165, 1.54) is 5.56 Å². The quantitative estimate of drug-likeness (QED) is 0.606. The Morgan fingerprint density at radius 1 is 1.15 bits per heavy atom. The van der Waals surface area contributed by atoms with Crippen molar-refractivity contribution in [1.82, 2.24) is 9.88 Å². The van der Waals surface area contributed by atoms with Gasteiger partial charge in [0.15, 0.2) is 5.13 Å². The summed E-state index contributed by atoms with van der Waals surface area (Å²) in [7, 11) is 4.06. The molecule has 0 fully saturated rings. The number of hydrogen-bond acceptors (Lipinski definition) is 4. The van der Waals surface area contributed by atoms with Crippen LogP contribution in [0.5, 0.6) is 0 Å². The third-order valence-corrected chi connectivity index (χ3v) is 5.34. The minimum atomic E-state index is -0.0676. The second-order valence-corrected chi connectivity index (χ2v) is 8.04. The number of halogens is 1. The number of carbonyl (C=O) groups excluding carboxylic acids is 1. The van der Waals surface area contributed by atoms with Crippen molar-refractivity contribution in [1.29, 1.82) is 0 Å². The molecule has 0 saturated heterocycles. The lowest BCUT2D eigenvalue weighted by Gasteiger charge is -2.21. The molecule has 136 valence electrons. The molecule has 3 rings (SSSR count). The van der Waals surface area contributed by atoms with Gasteiger partial charge in [-0.3, -0.25) is 9.69 Å². The monoisotopic (exact) mass is 387 g/mol. The van der Waals surface area contributed by atoms with Gasteiger partial charge in [0.25, 0.3) is 5.91 Å². The smallest absolute Gasteiger partial charge is 0.260 e. The maximum Gasteiger partial charge on any atom is 0.260 e. The van der Waals surface area contributed by atoms with E-state index in [-0.39, 0.29) is 5.91 Å². The zero-order valence-electron chi connectivity index (χ0n) is 15.2. The molecule has 0 aliphatic heterocycles. The maximum atomic E-state index is 13.1. The van der Waals surface area contributed by atoms with Crippen LogP contribution in [0.2, 0.25) is 5.02 Å². The van der Waals surface area contributed by atoms with Crippen molar-refractivity contribution in [2.75, 3.05) is 32.1 Å². The van der Waals surface area contributed by atoms with E-state index in [2.05, 4.69) is 17.9 Å². The summed E-state index contributed by atoms with van der Waals surface area (Å²) in [4.78, 5) is 21.7. The Morgan fingerprint density at radius 3 is 2.69 bits per heavy atom. The van der Waals surface area contributed by atoms with Crippen LogP contribution in [0.3, 0.4) is 0 Å². The van der Waals surface area contributed by atoms with Crippen LogP contribution in [-0.4, -0.2) is 43.0 Å². The molecule has 4 nitrogen and oxygen atoms in total. The molecule has 0 bridgehead atoms. The van der Waals surface area contributed by atoms with E-state index in [0.717, 1.165) is 28.3 Å². The number of anilines is 1. The summed E-state index contributed by atoms with van der Waals surface area (Å²) in [6, 6.07) is 13.2. The van der Waals surface area contributed by atoms with E-state index in [0.29, 0.717) is 17.1 Å². The molecule has 0 aliphatic rings. The van der Waals surface area contributed by atoms with Crippen molar-refractivity contribution in [2.45, 2.75) is 13.3 Å². The highest BCUT2D eigenvalue weighted by molar-refractivity contribution is 7.22. The fraction of sp³-hybridized carbons (Fsp3) is 0.300. The molecule has 0 unspecified atom stereocenters. The van der Waals surface area contributed by atoms with Crippen LogP contribution < -0.4 is 4.90 Å². The van der Waals surface area contributed by atoms with Crippen molar-refractivity contribution < 1.29 is 4.79 Å². The topological polar surface area (TPSA) is 36.4 Å². The standard InChI is InChI=1S/C20H22ClN3OS/c1-14-8-9-17-18(12-14)26-20(22-17)24(11-5-10-23(2)3)19(25)15-6-4-7-16(21)13-15/h4,6-9,12-13H,5,10-11H2,1-3H3. The molecule has 0 saturated carbocycles. The van der Waals surface area contributed by atoms with Gasteiger partial charge in [-0.25, -0.2) is 4.98 Å². The summed E-state index contributed by atoms with van der Waals surface area (Å²) in [6.07, 6.45) is 0.869. The third kappa shape index (κ3) is 4.41. The average molecular weight is 388 g/mol. The van der Waals surface area contributed by atoms with Gasteiger partial charge in [0.2, 0.25) is 0 Å². The molecule has 1 amide bonds. The van der Waals surface area contributed by atoms with Crippen LogP contribution >= 0.6 is 22.9 Å². The molecular weight excluding hydrogens is 366 g/mol. The minimum Gasteiger partial charge on any atom is -0.309 e. The van der Waals surface area contributed by atoms with E-state index < -0.39 is 0 Å². The number of fused-ring (bicyclic) bond motifs is 1. The number of amides is 1. The van der Waals surface area contributed by atoms with Crippen molar-refractivity contribution in [3.63, 3.8) is 0 Å². The van der Waals surface area contributed by atoms with Crippen molar-refractivity contribution in [3.8, 4) is 0 Å². The predicted octanol–water partition coefficient (Wildman–Crippen LogP) is 4.86. The molecule has 2 aromatic carbocycles. The second-order valence-electron chi connectivity index (χ2n) is 6.59. The zero-order valence-corrected chi connectivity index (χ0v) is 16.8. The molecule has 6 heteroatoms. The first kappa shape index (κ1) is 18.8. The largest absolute Gasteiger partial charge is 0.309 e. The van der Waals surface area contributed by atoms with Crippen LogP contribution in [0, 0.1) is 6.92 Å². The molecular formula is C20H22ClN3OS. The molecule has 0 radical (unpaired) electrons. The summed E-state index contributed by atoms with van der Waals surface area (Å²) in [6.45, 7) is 3.58. The van der Waals surface area contributed by atoms with Crippen LogP contribution in [-0.2, 0) is 0 Å². The highest BCUT2D eigenvalue weighted by Gasteiger charge is 2.21. The second kappa shape index (κ2) is 8.16. The van der Waals surface area contributed by atoms with Gasteiger partial charge in [-0.05, 0) is 69.9 Å². The van der Waals surface area contributed by atoms with E-state index >= 15 is 0 Å². The molecule has 26 heavy (non-hydrogen) atoms. The molecule has 3 aromatic rings. The normalized spacial score (nSPS) is 11.3. The Bertz CT molecular complexity index is 922. The van der Waals surface area contributed by atoms with Gasteiger partial charge in [-0.2, -0.15) is 0 Å². The number of rotatable bonds is 6. The van der Waals surface area contributed by atoms with E-state index in [1.807, 2.05) is 26.2 Å². The Kier molecular flexibility index (Phi) is 5.91. The molecule has 0 aliphatic carbocycles. The average Bonchev–Trinajstić information content (AvgIpc) is 3.00. The molecule has 0 spiro atoms. The van der Waals surface area contributed by atoms with Crippen LogP contribution in [0.4, 0.5) is 5.13 Å². The van der Waals surface area contributed by atoms with E-state index in [4.69, 9.17) is 16.6 Å². The van der Waals surface area contributed by atoms with Gasteiger partial charge in [-0.15, -0.1) is 0 Å². The maximum absolute atomic E-state index is 13.1. The van der Waals surface area contributed by atoms with Crippen LogP contribution in [0.25, 0.3) is 10.2 Å². The zero-order chi connectivity index (χ0) is 18.7. The van der Waals surface area contributed by atoms with E-state index in [1.54, 1.807) is 40.5 Å².